The van der Waals surface area contributed by atoms with E-state index in [1.165, 1.54) is 0 Å². The molecule has 0 aliphatic heterocycles. The number of benzene rings is 1. The topological polar surface area (TPSA) is 51.0 Å². The summed E-state index contributed by atoms with van der Waals surface area (Å²) in [5.74, 6) is 0. The van der Waals surface area contributed by atoms with Crippen LogP contribution in [0.2, 0.25) is 0 Å². The fraction of sp³-hybridized carbons (Fsp3) is 0.333. The summed E-state index contributed by atoms with van der Waals surface area (Å²) < 4.78 is 1.76. The first-order chi connectivity index (χ1) is 8.61. The van der Waals surface area contributed by atoms with Crippen molar-refractivity contribution in [1.29, 1.82) is 0 Å². The third-order valence-electron chi connectivity index (χ3n) is 3.29. The van der Waals surface area contributed by atoms with Crippen LogP contribution in [0.15, 0.2) is 24.3 Å². The van der Waals surface area contributed by atoms with Gasteiger partial charge in [-0.3, -0.25) is 0 Å². The van der Waals surface area contributed by atoms with Gasteiger partial charge in [0.1, 0.15) is 16.0 Å². The van der Waals surface area contributed by atoms with E-state index in [0.717, 1.165) is 22.0 Å². The molecule has 2 atom stereocenters. The number of hydrogen-bond donors (Lipinski definition) is 0. The average molecular weight is 374 g/mol. The van der Waals surface area contributed by atoms with E-state index in [1.807, 2.05) is 0 Å². The molecule has 2 aromatic rings. The van der Waals surface area contributed by atoms with E-state index in [2.05, 4.69) is 31.9 Å². The lowest BCUT2D eigenvalue weighted by Gasteiger charge is -2.27. The Morgan fingerprint density at radius 1 is 1.22 bits per heavy atom. The van der Waals surface area contributed by atoms with Gasteiger partial charge in [0.15, 0.2) is 0 Å². The van der Waals surface area contributed by atoms with Crippen molar-refractivity contribution < 1.29 is 4.43 Å². The molecule has 1 aliphatic rings. The van der Waals surface area contributed by atoms with Crippen molar-refractivity contribution in [2.24, 2.45) is 0 Å². The molecule has 1 aliphatic carbocycles. The fourth-order valence-corrected chi connectivity index (χ4v) is 3.79. The second-order valence-electron chi connectivity index (χ2n) is 4.36. The van der Waals surface area contributed by atoms with E-state index < -0.39 is 0 Å². The van der Waals surface area contributed by atoms with E-state index in [-0.39, 0.29) is 9.65 Å². The Hall–Kier alpha value is -0.880. The van der Waals surface area contributed by atoms with Crippen molar-refractivity contribution in [2.75, 3.05) is 0 Å². The lowest BCUT2D eigenvalue weighted by Crippen LogP contribution is -2.31. The van der Waals surface area contributed by atoms with E-state index in [1.54, 1.807) is 24.3 Å². The van der Waals surface area contributed by atoms with Crippen molar-refractivity contribution in [3.63, 3.8) is 0 Å². The molecule has 1 heterocycles. The number of hydrogen-bond acceptors (Lipinski definition) is 2. The Morgan fingerprint density at radius 2 is 1.89 bits per heavy atom. The summed E-state index contributed by atoms with van der Waals surface area (Å²) in [4.78, 5) is 12.3. The Balaban J connectivity index is 2.50. The molecule has 0 unspecified atom stereocenters. The summed E-state index contributed by atoms with van der Waals surface area (Å²) in [6, 6.07) is 6.88. The van der Waals surface area contributed by atoms with Gasteiger partial charge in [0.25, 0.3) is 11.2 Å². The molecular weight excluding hydrogens is 364 g/mol. The average Bonchev–Trinajstić information content (AvgIpc) is 2.38. The third-order valence-corrected chi connectivity index (χ3v) is 5.07. The van der Waals surface area contributed by atoms with Crippen LogP contribution in [0.4, 0.5) is 0 Å². The van der Waals surface area contributed by atoms with Crippen LogP contribution in [-0.4, -0.2) is 4.73 Å². The maximum absolute atomic E-state index is 12.4. The first-order valence-corrected chi connectivity index (χ1v) is 7.50. The molecule has 0 saturated heterocycles. The Kier molecular flexibility index (Phi) is 2.94. The van der Waals surface area contributed by atoms with E-state index in [0.29, 0.717) is 22.4 Å². The molecule has 0 saturated carbocycles. The largest absolute Gasteiger partial charge is 0.805 e. The minimum Gasteiger partial charge on any atom is -0.805 e. The molecule has 94 valence electrons. The molecule has 1 aromatic carbocycles. The van der Waals surface area contributed by atoms with Gasteiger partial charge in [0.2, 0.25) is 0 Å². The van der Waals surface area contributed by atoms with Crippen LogP contribution in [0, 0.1) is 10.1 Å². The number of para-hydroxylation sites is 2. The number of alkyl halides is 2. The zero-order valence-corrected chi connectivity index (χ0v) is 12.5. The zero-order valence-electron chi connectivity index (χ0n) is 9.35. The quantitative estimate of drug-likeness (QED) is 0.523. The van der Waals surface area contributed by atoms with Crippen LogP contribution in [0.25, 0.3) is 11.0 Å². The van der Waals surface area contributed by atoms with Gasteiger partial charge in [0.05, 0.1) is 9.25 Å². The smallest absolute Gasteiger partial charge is 0.286 e. The molecule has 18 heavy (non-hydrogen) atoms. The van der Waals surface area contributed by atoms with Gasteiger partial charge in [0, 0.05) is 11.0 Å². The number of aromatic nitrogens is 2. The number of rotatable bonds is 0. The van der Waals surface area contributed by atoms with Crippen LogP contribution in [0.3, 0.4) is 0 Å². The molecule has 1 aromatic heterocycles. The van der Waals surface area contributed by atoms with Crippen molar-refractivity contribution in [3.8, 4) is 0 Å². The van der Waals surface area contributed by atoms with Crippen molar-refractivity contribution in [2.45, 2.75) is 22.5 Å². The highest BCUT2D eigenvalue weighted by molar-refractivity contribution is 9.09. The molecule has 0 fully saturated rings. The van der Waals surface area contributed by atoms with Crippen LogP contribution in [0.1, 0.15) is 33.9 Å². The lowest BCUT2D eigenvalue weighted by atomic mass is 9.99. The third kappa shape index (κ3) is 1.62. The highest BCUT2D eigenvalue weighted by Gasteiger charge is 2.35. The minimum absolute atomic E-state index is 0.0661. The lowest BCUT2D eigenvalue weighted by molar-refractivity contribution is -0.476. The molecule has 0 bridgehead atoms. The number of fused-ring (bicyclic) bond motifs is 2. The Labute approximate surface area is 120 Å². The van der Waals surface area contributed by atoms with Gasteiger partial charge in [-0.2, -0.15) is 0 Å². The molecule has 0 radical (unpaired) electrons. The summed E-state index contributed by atoms with van der Waals surface area (Å²) in [7, 11) is 0. The zero-order chi connectivity index (χ0) is 12.9. The summed E-state index contributed by atoms with van der Waals surface area (Å²) in [5.41, 5.74) is 1.88. The summed E-state index contributed by atoms with van der Waals surface area (Å²) in [6.07, 6.45) is 1.67. The molecule has 6 heteroatoms. The van der Waals surface area contributed by atoms with Gasteiger partial charge in [-0.15, -0.1) is 0 Å². The summed E-state index contributed by atoms with van der Waals surface area (Å²) in [6.45, 7) is 0. The Morgan fingerprint density at radius 3 is 2.67 bits per heavy atom. The minimum atomic E-state index is -0.0661. The number of halogens is 2. The highest BCUT2D eigenvalue weighted by atomic mass is 79.9. The summed E-state index contributed by atoms with van der Waals surface area (Å²) in [5, 5.41) is 12.4. The first-order valence-electron chi connectivity index (χ1n) is 5.67. The molecule has 0 amide bonds. The van der Waals surface area contributed by atoms with Crippen molar-refractivity contribution in [1.82, 2.24) is 4.73 Å². The summed E-state index contributed by atoms with van der Waals surface area (Å²) >= 11 is 6.98. The predicted octanol–water partition coefficient (Wildman–Crippen LogP) is 3.57. The fourth-order valence-electron chi connectivity index (χ4n) is 2.42. The monoisotopic (exact) mass is 372 g/mol. The Bertz CT molecular complexity index is 684. The van der Waals surface area contributed by atoms with Crippen LogP contribution < -0.4 is 4.43 Å². The van der Waals surface area contributed by atoms with Crippen LogP contribution in [-0.2, 0) is 0 Å². The van der Waals surface area contributed by atoms with Crippen molar-refractivity contribution >= 4 is 42.9 Å². The van der Waals surface area contributed by atoms with Crippen LogP contribution in [0.5, 0.6) is 0 Å². The van der Waals surface area contributed by atoms with Gasteiger partial charge in [-0.25, -0.2) is 0 Å². The van der Waals surface area contributed by atoms with Gasteiger partial charge < -0.3 is 9.94 Å². The molecule has 4 nitrogen and oxygen atoms in total. The maximum Gasteiger partial charge on any atom is 0.286 e. The SMILES string of the molecule is O=[n+]1c2c(n([O-])c3ccccc31)[C@@H](Br)CC[C@@H]2Br. The van der Waals surface area contributed by atoms with Crippen molar-refractivity contribution in [3.05, 3.63) is 45.8 Å². The van der Waals surface area contributed by atoms with Gasteiger partial charge in [-0.05, 0) is 18.9 Å². The van der Waals surface area contributed by atoms with Crippen LogP contribution >= 0.6 is 31.9 Å². The van der Waals surface area contributed by atoms with E-state index in [9.17, 15) is 10.1 Å². The second kappa shape index (κ2) is 4.35. The van der Waals surface area contributed by atoms with Gasteiger partial charge >= 0.3 is 0 Å². The van der Waals surface area contributed by atoms with E-state index >= 15 is 0 Å². The van der Waals surface area contributed by atoms with Gasteiger partial charge in [-0.1, -0.05) is 44.0 Å². The first kappa shape index (κ1) is 12.2. The highest BCUT2D eigenvalue weighted by Crippen LogP contribution is 2.43. The van der Waals surface area contributed by atoms with E-state index in [4.69, 9.17) is 0 Å². The second-order valence-corrected chi connectivity index (χ2v) is 6.57. The molecular formula is C12H10Br2N2O2. The normalized spacial score (nSPS) is 23.0. The molecule has 0 N–H and O–H groups in total. The number of nitrogens with zero attached hydrogens (tertiary/aromatic N) is 2. The predicted molar refractivity (Wildman–Crippen MR) is 76.6 cm³/mol. The molecule has 3 rings (SSSR count). The maximum atomic E-state index is 12.4. The molecule has 0 spiro atoms. The standard InChI is InChI=1S/C12H10Br2N2O2/c13-7-5-6-8(14)12-11(7)15(17)9-3-1-2-4-10(9)16(12)18/h1-4,7-8H,5-6H2/t7-,8-/m0/s1.